The van der Waals surface area contributed by atoms with E-state index in [9.17, 15) is 0 Å². The van der Waals surface area contributed by atoms with Crippen LogP contribution in [-0.2, 0) is 0 Å². The zero-order chi connectivity index (χ0) is 8.81. The Morgan fingerprint density at radius 2 is 2.33 bits per heavy atom. The Bertz CT molecular complexity index is 226. The minimum atomic E-state index is 0.271. The number of H-pyrrole nitrogens is 1. The monoisotopic (exact) mass is 187 g/mol. The van der Waals surface area contributed by atoms with Crippen LogP contribution in [0.4, 0.5) is 0 Å². The largest absolute Gasteiger partial charge is 0.396 e. The Hall–Kier alpha value is -0.550. The molecule has 0 atom stereocenters. The lowest BCUT2D eigenvalue weighted by atomic mass is 10.4. The SMILES string of the molecule is Cc1nc(SCCCCO)n[nH]1. The zero-order valence-electron chi connectivity index (χ0n) is 7.08. The molecule has 0 spiro atoms. The highest BCUT2D eigenvalue weighted by atomic mass is 32.2. The molecule has 1 rings (SSSR count). The van der Waals surface area contributed by atoms with E-state index >= 15 is 0 Å². The van der Waals surface area contributed by atoms with Gasteiger partial charge in [0.25, 0.3) is 0 Å². The van der Waals surface area contributed by atoms with Crippen molar-refractivity contribution in [1.29, 1.82) is 0 Å². The van der Waals surface area contributed by atoms with Gasteiger partial charge in [-0.15, -0.1) is 5.10 Å². The van der Waals surface area contributed by atoms with Crippen LogP contribution in [0.1, 0.15) is 18.7 Å². The summed E-state index contributed by atoms with van der Waals surface area (Å²) >= 11 is 1.62. The maximum atomic E-state index is 8.52. The van der Waals surface area contributed by atoms with E-state index in [-0.39, 0.29) is 6.61 Å². The van der Waals surface area contributed by atoms with Crippen molar-refractivity contribution in [3.63, 3.8) is 0 Å². The average molecular weight is 187 g/mol. The number of aliphatic hydroxyl groups excluding tert-OH is 1. The van der Waals surface area contributed by atoms with Gasteiger partial charge in [0.05, 0.1) is 0 Å². The lowest BCUT2D eigenvalue weighted by Crippen LogP contribution is -1.86. The molecule has 0 aliphatic rings. The van der Waals surface area contributed by atoms with Crippen molar-refractivity contribution in [2.45, 2.75) is 24.9 Å². The molecule has 0 aromatic carbocycles. The lowest BCUT2D eigenvalue weighted by Gasteiger charge is -1.93. The molecule has 0 saturated carbocycles. The number of aryl methyl sites for hydroxylation is 1. The molecule has 0 aliphatic carbocycles. The number of rotatable bonds is 5. The molecule has 0 unspecified atom stereocenters. The number of thioether (sulfide) groups is 1. The molecular formula is C7H13N3OS. The van der Waals surface area contributed by atoms with Gasteiger partial charge in [-0.1, -0.05) is 11.8 Å². The molecular weight excluding hydrogens is 174 g/mol. The summed E-state index contributed by atoms with van der Waals surface area (Å²) in [5, 5.41) is 16.1. The zero-order valence-corrected chi connectivity index (χ0v) is 7.89. The molecule has 0 aliphatic heterocycles. The van der Waals surface area contributed by atoms with Crippen LogP contribution < -0.4 is 0 Å². The van der Waals surface area contributed by atoms with Gasteiger partial charge < -0.3 is 5.11 Å². The molecule has 5 heteroatoms. The van der Waals surface area contributed by atoms with Crippen LogP contribution in [0.2, 0.25) is 0 Å². The number of hydrogen-bond acceptors (Lipinski definition) is 4. The summed E-state index contributed by atoms with van der Waals surface area (Å²) < 4.78 is 0. The second kappa shape index (κ2) is 5.16. The van der Waals surface area contributed by atoms with Gasteiger partial charge in [0, 0.05) is 12.4 Å². The van der Waals surface area contributed by atoms with Crippen molar-refractivity contribution in [2.24, 2.45) is 0 Å². The van der Waals surface area contributed by atoms with Crippen molar-refractivity contribution in [1.82, 2.24) is 15.2 Å². The van der Waals surface area contributed by atoms with Crippen molar-refractivity contribution >= 4 is 11.8 Å². The van der Waals surface area contributed by atoms with E-state index < -0.39 is 0 Å². The third kappa shape index (κ3) is 3.23. The summed E-state index contributed by atoms with van der Waals surface area (Å²) in [5.74, 6) is 1.82. The third-order valence-corrected chi connectivity index (χ3v) is 2.29. The van der Waals surface area contributed by atoms with Crippen molar-refractivity contribution in [3.8, 4) is 0 Å². The van der Waals surface area contributed by atoms with Gasteiger partial charge in [0.1, 0.15) is 5.82 Å². The number of hydrogen-bond donors (Lipinski definition) is 2. The topological polar surface area (TPSA) is 61.8 Å². The summed E-state index contributed by atoms with van der Waals surface area (Å²) in [4.78, 5) is 4.14. The maximum Gasteiger partial charge on any atom is 0.208 e. The van der Waals surface area contributed by atoms with Gasteiger partial charge in [-0.2, -0.15) is 0 Å². The number of aromatic amines is 1. The summed E-state index contributed by atoms with van der Waals surface area (Å²) in [6.07, 6.45) is 1.87. The van der Waals surface area contributed by atoms with Crippen LogP contribution in [0.5, 0.6) is 0 Å². The van der Waals surface area contributed by atoms with E-state index in [2.05, 4.69) is 15.2 Å². The Kier molecular flexibility index (Phi) is 4.10. The van der Waals surface area contributed by atoms with E-state index in [4.69, 9.17) is 5.11 Å². The molecule has 12 heavy (non-hydrogen) atoms. The lowest BCUT2D eigenvalue weighted by molar-refractivity contribution is 0.287. The van der Waals surface area contributed by atoms with Gasteiger partial charge in [0.2, 0.25) is 5.16 Å². The van der Waals surface area contributed by atoms with Crippen LogP contribution in [0.3, 0.4) is 0 Å². The highest BCUT2D eigenvalue weighted by Crippen LogP contribution is 2.13. The number of nitrogens with zero attached hydrogens (tertiary/aromatic N) is 2. The first-order valence-electron chi connectivity index (χ1n) is 3.95. The first-order valence-corrected chi connectivity index (χ1v) is 4.94. The summed E-state index contributed by atoms with van der Waals surface area (Å²) in [6.45, 7) is 2.15. The molecule has 4 nitrogen and oxygen atoms in total. The molecule has 0 amide bonds. The van der Waals surface area contributed by atoms with Gasteiger partial charge >= 0.3 is 0 Å². The molecule has 2 N–H and O–H groups in total. The van der Waals surface area contributed by atoms with Gasteiger partial charge in [-0.3, -0.25) is 5.10 Å². The molecule has 0 saturated heterocycles. The van der Waals surface area contributed by atoms with Gasteiger partial charge in [0.15, 0.2) is 0 Å². The third-order valence-electron chi connectivity index (χ3n) is 1.36. The van der Waals surface area contributed by atoms with Crippen LogP contribution in [0.15, 0.2) is 5.16 Å². The Balaban J connectivity index is 2.15. The van der Waals surface area contributed by atoms with E-state index in [0.29, 0.717) is 0 Å². The highest BCUT2D eigenvalue weighted by Gasteiger charge is 1.98. The first kappa shape index (κ1) is 9.54. The van der Waals surface area contributed by atoms with Crippen LogP contribution in [-0.4, -0.2) is 32.6 Å². The molecule has 68 valence electrons. The molecule has 0 fully saturated rings. The summed E-state index contributed by atoms with van der Waals surface area (Å²) in [6, 6.07) is 0. The number of aromatic nitrogens is 3. The second-order valence-electron chi connectivity index (χ2n) is 2.48. The second-order valence-corrected chi connectivity index (χ2v) is 3.54. The molecule has 0 radical (unpaired) electrons. The Morgan fingerprint density at radius 3 is 2.92 bits per heavy atom. The van der Waals surface area contributed by atoms with Crippen LogP contribution in [0.25, 0.3) is 0 Å². The minimum Gasteiger partial charge on any atom is -0.396 e. The fourth-order valence-corrected chi connectivity index (χ4v) is 1.61. The predicted molar refractivity (Wildman–Crippen MR) is 48.2 cm³/mol. The number of nitrogens with one attached hydrogen (secondary N) is 1. The fraction of sp³-hybridized carbons (Fsp3) is 0.714. The quantitative estimate of drug-likeness (QED) is 0.533. The number of unbranched alkanes of at least 4 members (excludes halogenated alkanes) is 1. The van der Waals surface area contributed by atoms with Crippen molar-refractivity contribution in [3.05, 3.63) is 5.82 Å². The van der Waals surface area contributed by atoms with Crippen LogP contribution >= 0.6 is 11.8 Å². The summed E-state index contributed by atoms with van der Waals surface area (Å²) in [5.41, 5.74) is 0. The minimum absolute atomic E-state index is 0.271. The molecule has 1 aromatic rings. The van der Waals surface area contributed by atoms with Crippen molar-refractivity contribution in [2.75, 3.05) is 12.4 Å². The van der Waals surface area contributed by atoms with Crippen LogP contribution in [0, 0.1) is 6.92 Å². The first-order chi connectivity index (χ1) is 5.83. The smallest absolute Gasteiger partial charge is 0.208 e. The highest BCUT2D eigenvalue weighted by molar-refractivity contribution is 7.99. The maximum absolute atomic E-state index is 8.52. The van der Waals surface area contributed by atoms with E-state index in [1.165, 1.54) is 0 Å². The normalized spacial score (nSPS) is 10.5. The Labute approximate surface area is 75.8 Å². The molecule has 1 aromatic heterocycles. The van der Waals surface area contributed by atoms with Gasteiger partial charge in [-0.25, -0.2) is 4.98 Å². The predicted octanol–water partition coefficient (Wildman–Crippen LogP) is 0.978. The standard InChI is InChI=1S/C7H13N3OS/c1-6-8-7(10-9-6)12-5-3-2-4-11/h11H,2-5H2,1H3,(H,8,9,10). The Morgan fingerprint density at radius 1 is 1.50 bits per heavy atom. The summed E-state index contributed by atoms with van der Waals surface area (Å²) in [7, 11) is 0. The average Bonchev–Trinajstić information content (AvgIpc) is 2.45. The molecule has 0 bridgehead atoms. The van der Waals surface area contributed by atoms with E-state index in [1.54, 1.807) is 11.8 Å². The van der Waals surface area contributed by atoms with Gasteiger partial charge in [-0.05, 0) is 19.8 Å². The van der Waals surface area contributed by atoms with Crippen molar-refractivity contribution < 1.29 is 5.11 Å². The number of aliphatic hydroxyl groups is 1. The molecule has 1 heterocycles. The van der Waals surface area contributed by atoms with E-state index in [0.717, 1.165) is 29.6 Å². The van der Waals surface area contributed by atoms with E-state index in [1.807, 2.05) is 6.92 Å². The fourth-order valence-electron chi connectivity index (χ4n) is 0.764.